The van der Waals surface area contributed by atoms with Crippen LogP contribution in [0, 0.1) is 13.8 Å². The zero-order valence-corrected chi connectivity index (χ0v) is 18.8. The molecule has 2 aromatic heterocycles. The Morgan fingerprint density at radius 3 is 2.52 bits per heavy atom. The maximum atomic E-state index is 8.51. The van der Waals surface area contributed by atoms with E-state index in [1.807, 2.05) is 19.1 Å². The summed E-state index contributed by atoms with van der Waals surface area (Å²) in [7, 11) is -3.51. The number of hydrogen-bond donors (Lipinski definition) is 0. The van der Waals surface area contributed by atoms with E-state index in [4.69, 9.17) is 12.7 Å². The average Bonchev–Trinajstić information content (AvgIpc) is 3.05. The first-order valence-corrected chi connectivity index (χ1v) is 12.7. The van der Waals surface area contributed by atoms with Gasteiger partial charge in [0.25, 0.3) is 13.8 Å². The molecule has 0 saturated heterocycles. The molecule has 3 heterocycles. The maximum Gasteiger partial charge on any atom is 0.285 e. The second-order valence-electron chi connectivity index (χ2n) is 8.95. The number of aromatic nitrogens is 2. The molecule has 150 valence electrons. The van der Waals surface area contributed by atoms with Gasteiger partial charge < -0.3 is 4.43 Å². The fraction of sp³-hybridized carbons (Fsp3) is 0.400. The van der Waals surface area contributed by atoms with Crippen molar-refractivity contribution in [3.05, 3.63) is 47.2 Å². The summed E-state index contributed by atoms with van der Waals surface area (Å²) in [4.78, 5) is 0. The Labute approximate surface area is 182 Å². The van der Waals surface area contributed by atoms with Crippen LogP contribution in [0.4, 0.5) is 0 Å². The molecule has 0 saturated carbocycles. The van der Waals surface area contributed by atoms with E-state index in [2.05, 4.69) is 43.0 Å². The zero-order chi connectivity index (χ0) is 25.8. The molecular formula is C25H31N2OSi+. The molecule has 0 radical (unpaired) electrons. The van der Waals surface area contributed by atoms with Crippen LogP contribution in [0.15, 0.2) is 30.3 Å². The van der Waals surface area contributed by atoms with Gasteiger partial charge in [-0.2, -0.15) is 0 Å². The molecule has 3 nitrogen and oxygen atoms in total. The van der Waals surface area contributed by atoms with Gasteiger partial charge in [-0.15, -0.1) is 4.68 Å². The molecule has 0 N–H and O–H groups in total. The van der Waals surface area contributed by atoms with Crippen LogP contribution in [-0.4, -0.2) is 13.0 Å². The molecule has 1 aliphatic heterocycles. The zero-order valence-electron chi connectivity index (χ0n) is 23.8. The monoisotopic (exact) mass is 409 g/mol. The van der Waals surface area contributed by atoms with Crippen LogP contribution in [0.5, 0.6) is 5.75 Å². The summed E-state index contributed by atoms with van der Waals surface area (Å²) in [6, 6.07) is 9.32. The third kappa shape index (κ3) is 2.27. The van der Waals surface area contributed by atoms with E-state index < -0.39 is 21.6 Å². The SMILES string of the molecule is [2H]C([2H])([2H])c1ccc2c3c1c1cccc(C(C)C)c1[n+]1c3c(c(C)n1C(C)C)[Si](C)(C([2H])([2H])[2H])O2. The average molecular weight is 410 g/mol. The standard InChI is InChI=1S/C25H31N2OSi/c1-14(2)18-10-9-11-19-21-16(5)12-13-20-22(21)24-25(29(7,8)28-20)17(6)26(15(3)4)27(24)23(18)19/h9-15H,1-8H3/q+1/i5D3,7D3. The highest BCUT2D eigenvalue weighted by Crippen LogP contribution is 2.41. The van der Waals surface area contributed by atoms with Crippen molar-refractivity contribution in [3.63, 3.8) is 0 Å². The summed E-state index contributed by atoms with van der Waals surface area (Å²) in [5.41, 5.74) is 3.92. The summed E-state index contributed by atoms with van der Waals surface area (Å²) in [6.07, 6.45) is 0. The topological polar surface area (TPSA) is 18.3 Å². The number of fused-ring (bicyclic) bond motifs is 3. The number of rotatable bonds is 2. The summed E-state index contributed by atoms with van der Waals surface area (Å²) in [5, 5.41) is 2.89. The molecule has 0 bridgehead atoms. The summed E-state index contributed by atoms with van der Waals surface area (Å²) >= 11 is 0. The van der Waals surface area contributed by atoms with Gasteiger partial charge in [0.15, 0.2) is 0 Å². The summed E-state index contributed by atoms with van der Waals surface area (Å²) in [5.74, 6) is 0.636. The van der Waals surface area contributed by atoms with Crippen molar-refractivity contribution in [3.8, 4) is 5.75 Å². The van der Waals surface area contributed by atoms with Crippen molar-refractivity contribution in [2.24, 2.45) is 0 Å². The molecule has 1 aliphatic rings. The van der Waals surface area contributed by atoms with E-state index in [0.717, 1.165) is 32.9 Å². The molecular weight excluding hydrogens is 372 g/mol. The fourth-order valence-corrected chi connectivity index (χ4v) is 7.41. The predicted molar refractivity (Wildman–Crippen MR) is 124 cm³/mol. The van der Waals surface area contributed by atoms with Crippen molar-refractivity contribution in [2.75, 3.05) is 0 Å². The Morgan fingerprint density at radius 2 is 1.86 bits per heavy atom. The number of para-hydroxylation sites is 1. The van der Waals surface area contributed by atoms with Gasteiger partial charge >= 0.3 is 0 Å². The second kappa shape index (κ2) is 5.85. The predicted octanol–water partition coefficient (Wildman–Crippen LogP) is 5.66. The normalized spacial score (nSPS) is 22.6. The van der Waals surface area contributed by atoms with Gasteiger partial charge in [-0.25, -0.2) is 0 Å². The van der Waals surface area contributed by atoms with Crippen molar-refractivity contribution in [2.45, 2.75) is 66.5 Å². The van der Waals surface area contributed by atoms with E-state index in [9.17, 15) is 0 Å². The summed E-state index contributed by atoms with van der Waals surface area (Å²) < 4.78 is 61.3. The molecule has 1 atom stereocenters. The molecule has 0 amide bonds. The Balaban J connectivity index is 2.24. The molecule has 5 rings (SSSR count). The first-order valence-electron chi connectivity index (χ1n) is 13.3. The van der Waals surface area contributed by atoms with E-state index >= 15 is 0 Å². The van der Waals surface area contributed by atoms with Gasteiger partial charge in [0.05, 0.1) is 27.7 Å². The molecule has 2 aromatic carbocycles. The number of aryl methyl sites for hydroxylation is 1. The van der Waals surface area contributed by atoms with Crippen LogP contribution in [0.25, 0.3) is 27.2 Å². The van der Waals surface area contributed by atoms with E-state index in [1.54, 1.807) is 18.7 Å². The lowest BCUT2D eigenvalue weighted by Crippen LogP contribution is -2.51. The molecule has 0 spiro atoms. The van der Waals surface area contributed by atoms with Crippen LogP contribution in [-0.2, 0) is 0 Å². The summed E-state index contributed by atoms with van der Waals surface area (Å²) in [6.45, 7) is 7.50. The molecule has 4 aromatic rings. The third-order valence-corrected chi connectivity index (χ3v) is 8.41. The highest BCUT2D eigenvalue weighted by atomic mass is 28.4. The van der Waals surface area contributed by atoms with Gasteiger partial charge in [0.2, 0.25) is 5.52 Å². The van der Waals surface area contributed by atoms with Gasteiger partial charge in [0, 0.05) is 19.2 Å². The Bertz CT molecular complexity index is 1530. The van der Waals surface area contributed by atoms with E-state index in [1.165, 1.54) is 0 Å². The van der Waals surface area contributed by atoms with Gasteiger partial charge in [-0.05, 0) is 64.3 Å². The second-order valence-corrected chi connectivity index (χ2v) is 11.7. The minimum absolute atomic E-state index is 0.0410. The van der Waals surface area contributed by atoms with Crippen LogP contribution < -0.4 is 14.1 Å². The first kappa shape index (κ1) is 13.1. The third-order valence-electron chi connectivity index (χ3n) is 6.22. The van der Waals surface area contributed by atoms with E-state index in [-0.39, 0.29) is 17.5 Å². The Kier molecular flexibility index (Phi) is 2.64. The van der Waals surface area contributed by atoms with Gasteiger partial charge in [0.1, 0.15) is 5.75 Å². The highest BCUT2D eigenvalue weighted by Gasteiger charge is 2.45. The quantitative estimate of drug-likeness (QED) is 0.237. The highest BCUT2D eigenvalue weighted by molar-refractivity contribution is 6.87. The first-order chi connectivity index (χ1) is 16.1. The maximum absolute atomic E-state index is 8.51. The molecule has 1 unspecified atom stereocenters. The number of benzene rings is 2. The lowest BCUT2D eigenvalue weighted by atomic mass is 9.94. The van der Waals surface area contributed by atoms with Gasteiger partial charge in [-0.1, -0.05) is 36.6 Å². The number of pyridine rings is 1. The van der Waals surface area contributed by atoms with Crippen molar-refractivity contribution < 1.29 is 17.2 Å². The van der Waals surface area contributed by atoms with Crippen LogP contribution >= 0.6 is 0 Å². The van der Waals surface area contributed by atoms with Crippen molar-refractivity contribution >= 4 is 40.7 Å². The fourth-order valence-electron chi connectivity index (χ4n) is 5.21. The van der Waals surface area contributed by atoms with Crippen LogP contribution in [0.3, 0.4) is 0 Å². The van der Waals surface area contributed by atoms with Crippen molar-refractivity contribution in [1.82, 2.24) is 4.68 Å². The molecule has 4 heteroatoms. The lowest BCUT2D eigenvalue weighted by molar-refractivity contribution is -0.586. The van der Waals surface area contributed by atoms with Crippen LogP contribution in [0.1, 0.15) is 64.7 Å². The number of nitrogens with zero attached hydrogens (tertiary/aromatic N) is 2. The Morgan fingerprint density at radius 1 is 1.07 bits per heavy atom. The van der Waals surface area contributed by atoms with E-state index in [0.29, 0.717) is 16.5 Å². The Hall–Kier alpha value is -2.33. The molecule has 29 heavy (non-hydrogen) atoms. The van der Waals surface area contributed by atoms with Crippen LogP contribution in [0.2, 0.25) is 13.0 Å². The largest absolute Gasteiger partial charge is 0.539 e. The smallest absolute Gasteiger partial charge is 0.285 e. The minimum Gasteiger partial charge on any atom is -0.539 e. The number of hydrogen-bond acceptors (Lipinski definition) is 1. The lowest BCUT2D eigenvalue weighted by Gasteiger charge is -2.28. The minimum atomic E-state index is -3.51. The molecule has 0 aliphatic carbocycles. The van der Waals surface area contributed by atoms with Gasteiger partial charge in [-0.3, -0.25) is 0 Å². The van der Waals surface area contributed by atoms with Crippen molar-refractivity contribution in [1.29, 1.82) is 0 Å². The molecule has 0 fully saturated rings.